The zero-order valence-electron chi connectivity index (χ0n) is 10.8. The number of rotatable bonds is 5. The largest absolute Gasteiger partial charge is 0.329 e. The lowest BCUT2D eigenvalue weighted by atomic mass is 10.1. The van der Waals surface area contributed by atoms with E-state index >= 15 is 0 Å². The second-order valence-electron chi connectivity index (χ2n) is 5.35. The molecule has 0 spiro atoms. The van der Waals surface area contributed by atoms with Gasteiger partial charge in [0.1, 0.15) is 5.15 Å². The molecule has 1 fully saturated rings. The van der Waals surface area contributed by atoms with Gasteiger partial charge in [0.05, 0.1) is 5.56 Å². The second-order valence-corrected chi connectivity index (χ2v) is 5.73. The summed E-state index contributed by atoms with van der Waals surface area (Å²) in [6.45, 7) is 4.28. The van der Waals surface area contributed by atoms with Crippen molar-refractivity contribution in [2.45, 2.75) is 52.0 Å². The Morgan fingerprint density at radius 1 is 1.39 bits per heavy atom. The number of H-pyrrole nitrogens is 1. The van der Waals surface area contributed by atoms with Crippen LogP contribution in [0.1, 0.15) is 51.0 Å². The molecule has 0 bridgehead atoms. The fraction of sp³-hybridized carbons (Fsp3) is 0.692. The van der Waals surface area contributed by atoms with Gasteiger partial charge in [-0.25, -0.2) is 4.79 Å². The predicted octanol–water partition coefficient (Wildman–Crippen LogP) is 2.50. The first-order chi connectivity index (χ1) is 8.50. The fourth-order valence-corrected chi connectivity index (χ4v) is 2.59. The molecule has 18 heavy (non-hydrogen) atoms. The third-order valence-electron chi connectivity index (χ3n) is 3.44. The summed E-state index contributed by atoms with van der Waals surface area (Å²) < 4.78 is 1.28. The van der Waals surface area contributed by atoms with Gasteiger partial charge < -0.3 is 0 Å². The van der Waals surface area contributed by atoms with Gasteiger partial charge in [-0.3, -0.25) is 14.3 Å². The highest BCUT2D eigenvalue weighted by atomic mass is 35.5. The molecule has 0 radical (unpaired) electrons. The first-order valence-corrected chi connectivity index (χ1v) is 6.91. The van der Waals surface area contributed by atoms with Gasteiger partial charge >= 0.3 is 5.69 Å². The van der Waals surface area contributed by atoms with Crippen LogP contribution in [-0.4, -0.2) is 9.55 Å². The van der Waals surface area contributed by atoms with Crippen LogP contribution < -0.4 is 11.2 Å². The Morgan fingerprint density at radius 3 is 2.61 bits per heavy atom. The second kappa shape index (κ2) is 5.31. The Bertz CT molecular complexity index is 541. The molecule has 1 aliphatic rings. The number of halogens is 1. The van der Waals surface area contributed by atoms with Crippen molar-refractivity contribution in [3.8, 4) is 0 Å². The van der Waals surface area contributed by atoms with E-state index in [1.54, 1.807) is 0 Å². The summed E-state index contributed by atoms with van der Waals surface area (Å²) in [7, 11) is 0. The quantitative estimate of drug-likeness (QED) is 0.836. The molecule has 0 saturated heterocycles. The van der Waals surface area contributed by atoms with Crippen LogP contribution in [0.15, 0.2) is 9.59 Å². The van der Waals surface area contributed by atoms with Crippen LogP contribution in [0.4, 0.5) is 0 Å². The third-order valence-corrected chi connectivity index (χ3v) is 3.74. The normalized spacial score (nSPS) is 15.3. The maximum absolute atomic E-state index is 12.2. The Hall–Kier alpha value is -1.03. The van der Waals surface area contributed by atoms with Crippen LogP contribution in [0.3, 0.4) is 0 Å². The van der Waals surface area contributed by atoms with Crippen molar-refractivity contribution < 1.29 is 0 Å². The molecule has 1 aromatic heterocycles. The lowest BCUT2D eigenvalue weighted by molar-refractivity contribution is 0.539. The number of hydrogen-bond acceptors (Lipinski definition) is 2. The third kappa shape index (κ3) is 2.86. The van der Waals surface area contributed by atoms with E-state index in [1.807, 2.05) is 13.8 Å². The molecule has 0 aromatic carbocycles. The molecule has 1 N–H and O–H groups in total. The first-order valence-electron chi connectivity index (χ1n) is 6.53. The highest BCUT2D eigenvalue weighted by Gasteiger charge is 2.21. The van der Waals surface area contributed by atoms with Gasteiger partial charge in [0, 0.05) is 6.54 Å². The summed E-state index contributed by atoms with van der Waals surface area (Å²) in [6, 6.07) is 0. The van der Waals surface area contributed by atoms with Gasteiger partial charge in [-0.1, -0.05) is 38.3 Å². The molecule has 100 valence electrons. The van der Waals surface area contributed by atoms with Gasteiger partial charge in [0.15, 0.2) is 0 Å². The number of aromatic nitrogens is 2. The number of nitrogens with one attached hydrogen (secondary N) is 1. The summed E-state index contributed by atoms with van der Waals surface area (Å²) in [6.07, 6.45) is 4.57. The fourth-order valence-electron chi connectivity index (χ4n) is 2.21. The molecule has 5 heteroatoms. The van der Waals surface area contributed by atoms with E-state index in [0.29, 0.717) is 12.1 Å². The van der Waals surface area contributed by atoms with Crippen LogP contribution >= 0.6 is 11.6 Å². The molecule has 1 aliphatic carbocycles. The molecule has 0 amide bonds. The highest BCUT2D eigenvalue weighted by molar-refractivity contribution is 6.30. The SMILES string of the molecule is CC(C)c1c(Cl)[nH]c(=O)n(CCCC2CC2)c1=O. The summed E-state index contributed by atoms with van der Waals surface area (Å²) in [4.78, 5) is 26.5. The standard InChI is InChI=1S/C13H19ClN2O2/c1-8(2)10-11(14)15-13(18)16(12(10)17)7-3-4-9-5-6-9/h8-9H,3-7H2,1-2H3,(H,15,18). The summed E-state index contributed by atoms with van der Waals surface area (Å²) in [5.41, 5.74) is -0.137. The summed E-state index contributed by atoms with van der Waals surface area (Å²) in [5, 5.41) is 0.179. The zero-order chi connectivity index (χ0) is 13.3. The van der Waals surface area contributed by atoms with Gasteiger partial charge in [-0.15, -0.1) is 0 Å². The average molecular weight is 271 g/mol. The molecule has 1 aromatic rings. The Balaban J connectivity index is 2.24. The van der Waals surface area contributed by atoms with E-state index in [4.69, 9.17) is 11.6 Å². The molecule has 1 saturated carbocycles. The lowest BCUT2D eigenvalue weighted by Crippen LogP contribution is -2.37. The Kier molecular flexibility index (Phi) is 3.95. The van der Waals surface area contributed by atoms with Crippen molar-refractivity contribution in [1.82, 2.24) is 9.55 Å². The van der Waals surface area contributed by atoms with Gasteiger partial charge in [-0.2, -0.15) is 0 Å². The van der Waals surface area contributed by atoms with Crippen LogP contribution in [0.5, 0.6) is 0 Å². The van der Waals surface area contributed by atoms with Gasteiger partial charge in [0.25, 0.3) is 5.56 Å². The van der Waals surface area contributed by atoms with Crippen LogP contribution in [0, 0.1) is 5.92 Å². The number of aromatic amines is 1. The molecule has 1 heterocycles. The minimum atomic E-state index is -0.398. The Morgan fingerprint density at radius 2 is 2.06 bits per heavy atom. The monoisotopic (exact) mass is 270 g/mol. The smallest absolute Gasteiger partial charge is 0.297 e. The zero-order valence-corrected chi connectivity index (χ0v) is 11.6. The summed E-state index contributed by atoms with van der Waals surface area (Å²) in [5.74, 6) is 0.827. The van der Waals surface area contributed by atoms with Crippen molar-refractivity contribution in [2.75, 3.05) is 0 Å². The molecule has 2 rings (SSSR count). The van der Waals surface area contributed by atoms with E-state index in [0.717, 1.165) is 18.8 Å². The minimum absolute atomic E-state index is 0.0107. The summed E-state index contributed by atoms with van der Waals surface area (Å²) >= 11 is 5.93. The van der Waals surface area contributed by atoms with Crippen LogP contribution in [0.2, 0.25) is 5.15 Å². The average Bonchev–Trinajstić information content (AvgIpc) is 3.05. The molecule has 0 unspecified atom stereocenters. The van der Waals surface area contributed by atoms with Gasteiger partial charge in [0.2, 0.25) is 0 Å². The van der Waals surface area contributed by atoms with E-state index in [9.17, 15) is 9.59 Å². The van der Waals surface area contributed by atoms with E-state index < -0.39 is 5.69 Å². The van der Waals surface area contributed by atoms with Crippen molar-refractivity contribution in [2.24, 2.45) is 5.92 Å². The van der Waals surface area contributed by atoms with Gasteiger partial charge in [-0.05, 0) is 24.7 Å². The van der Waals surface area contributed by atoms with Crippen molar-refractivity contribution in [3.05, 3.63) is 31.6 Å². The number of hydrogen-bond donors (Lipinski definition) is 1. The first kappa shape index (κ1) is 13.4. The molecular formula is C13H19ClN2O2. The minimum Gasteiger partial charge on any atom is -0.297 e. The van der Waals surface area contributed by atoms with Crippen molar-refractivity contribution in [3.63, 3.8) is 0 Å². The van der Waals surface area contributed by atoms with E-state index in [-0.39, 0.29) is 16.6 Å². The molecule has 4 nitrogen and oxygen atoms in total. The maximum Gasteiger partial charge on any atom is 0.329 e. The lowest BCUT2D eigenvalue weighted by Gasteiger charge is -2.11. The van der Waals surface area contributed by atoms with Crippen molar-refractivity contribution >= 4 is 11.6 Å². The van der Waals surface area contributed by atoms with E-state index in [1.165, 1.54) is 17.4 Å². The van der Waals surface area contributed by atoms with Crippen molar-refractivity contribution in [1.29, 1.82) is 0 Å². The number of nitrogens with zero attached hydrogens (tertiary/aromatic N) is 1. The molecular weight excluding hydrogens is 252 g/mol. The van der Waals surface area contributed by atoms with Crippen LogP contribution in [0.25, 0.3) is 0 Å². The van der Waals surface area contributed by atoms with Crippen LogP contribution in [-0.2, 0) is 6.54 Å². The van der Waals surface area contributed by atoms with E-state index in [2.05, 4.69) is 4.98 Å². The predicted molar refractivity (Wildman–Crippen MR) is 72.4 cm³/mol. The topological polar surface area (TPSA) is 54.9 Å². The molecule has 0 atom stereocenters. The molecule has 0 aliphatic heterocycles. The highest BCUT2D eigenvalue weighted by Crippen LogP contribution is 2.33. The maximum atomic E-state index is 12.2. The Labute approximate surface area is 111 Å².